The van der Waals surface area contributed by atoms with E-state index in [1.54, 1.807) is 0 Å². The number of hydrogen-bond acceptors (Lipinski definition) is 4. The van der Waals surface area contributed by atoms with E-state index in [0.29, 0.717) is 13.3 Å². The lowest BCUT2D eigenvalue weighted by Crippen LogP contribution is -2.33. The fourth-order valence-corrected chi connectivity index (χ4v) is 0.689. The van der Waals surface area contributed by atoms with Crippen molar-refractivity contribution in [2.45, 2.75) is 6.04 Å². The highest BCUT2D eigenvalue weighted by atomic mass is 16.5. The van der Waals surface area contributed by atoms with Gasteiger partial charge in [0.1, 0.15) is 6.04 Å². The van der Waals surface area contributed by atoms with E-state index >= 15 is 0 Å². The van der Waals surface area contributed by atoms with Gasteiger partial charge in [0.15, 0.2) is 0 Å². The smallest absolute Gasteiger partial charge is 0.325 e. The molecule has 0 radical (unpaired) electrons. The summed E-state index contributed by atoms with van der Waals surface area (Å²) in [5, 5.41) is 2.81. The van der Waals surface area contributed by atoms with Crippen molar-refractivity contribution in [2.24, 2.45) is 0 Å². The average molecular weight is 131 g/mol. The molecule has 0 spiro atoms. The van der Waals surface area contributed by atoms with Crippen LogP contribution in [0.3, 0.4) is 0 Å². The van der Waals surface area contributed by atoms with Crippen LogP contribution in [0.25, 0.3) is 0 Å². The van der Waals surface area contributed by atoms with Gasteiger partial charge >= 0.3 is 5.97 Å². The van der Waals surface area contributed by atoms with Gasteiger partial charge in [0.05, 0.1) is 20.4 Å². The van der Waals surface area contributed by atoms with Gasteiger partial charge in [-0.2, -0.15) is 0 Å². The number of carbonyl (C=O) groups excluding carboxylic acids is 1. The molecule has 0 aliphatic carbocycles. The zero-order valence-electron chi connectivity index (χ0n) is 5.22. The second-order valence-electron chi connectivity index (χ2n) is 1.79. The van der Waals surface area contributed by atoms with Gasteiger partial charge in [-0.1, -0.05) is 0 Å². The van der Waals surface area contributed by atoms with Crippen LogP contribution in [0.2, 0.25) is 0 Å². The molecule has 0 amide bonds. The Labute approximate surface area is 53.1 Å². The van der Waals surface area contributed by atoms with Crippen molar-refractivity contribution in [3.63, 3.8) is 0 Å². The molecule has 0 aromatic carbocycles. The van der Waals surface area contributed by atoms with Gasteiger partial charge in [-0.25, -0.2) is 0 Å². The molecule has 52 valence electrons. The van der Waals surface area contributed by atoms with E-state index in [1.165, 1.54) is 7.11 Å². The first-order valence-electron chi connectivity index (χ1n) is 2.73. The molecule has 1 heterocycles. The lowest BCUT2D eigenvalue weighted by atomic mass is 10.3. The number of carbonyl (C=O) groups is 1. The van der Waals surface area contributed by atoms with E-state index in [2.05, 4.69) is 10.1 Å². The molecule has 1 fully saturated rings. The minimum absolute atomic E-state index is 0.255. The largest absolute Gasteiger partial charge is 0.468 e. The van der Waals surface area contributed by atoms with Gasteiger partial charge in [-0.15, -0.1) is 0 Å². The van der Waals surface area contributed by atoms with Crippen LogP contribution in [-0.2, 0) is 14.3 Å². The predicted octanol–water partition coefficient (Wildman–Crippen LogP) is -0.895. The number of nitrogens with one attached hydrogen (secondary N) is 1. The Morgan fingerprint density at radius 2 is 2.67 bits per heavy atom. The molecule has 0 aromatic heterocycles. The number of esters is 1. The van der Waals surface area contributed by atoms with E-state index in [4.69, 9.17) is 4.74 Å². The summed E-state index contributed by atoms with van der Waals surface area (Å²) in [6.07, 6.45) is 0. The molecule has 0 bridgehead atoms. The molecular weight excluding hydrogens is 122 g/mol. The van der Waals surface area contributed by atoms with Crippen LogP contribution in [0.5, 0.6) is 0 Å². The lowest BCUT2D eigenvalue weighted by molar-refractivity contribution is -0.142. The third kappa shape index (κ3) is 1.40. The van der Waals surface area contributed by atoms with E-state index in [1.807, 2.05) is 0 Å². The van der Waals surface area contributed by atoms with Gasteiger partial charge in [-0.05, 0) is 0 Å². The molecule has 9 heavy (non-hydrogen) atoms. The molecule has 1 rings (SSSR count). The van der Waals surface area contributed by atoms with Crippen molar-refractivity contribution >= 4 is 5.97 Å². The molecule has 1 atom stereocenters. The quantitative estimate of drug-likeness (QED) is 0.469. The minimum Gasteiger partial charge on any atom is -0.468 e. The maximum atomic E-state index is 10.6. The monoisotopic (exact) mass is 131 g/mol. The van der Waals surface area contributed by atoms with Crippen LogP contribution in [0.1, 0.15) is 0 Å². The Hall–Kier alpha value is -0.610. The zero-order chi connectivity index (χ0) is 6.69. The van der Waals surface area contributed by atoms with Crippen LogP contribution in [0.4, 0.5) is 0 Å². The molecule has 1 N–H and O–H groups in total. The summed E-state index contributed by atoms with van der Waals surface area (Å²) < 4.78 is 9.32. The summed E-state index contributed by atoms with van der Waals surface area (Å²) >= 11 is 0. The molecule has 1 unspecified atom stereocenters. The first kappa shape index (κ1) is 6.51. The average Bonchev–Trinajstić information content (AvgIpc) is 2.37. The van der Waals surface area contributed by atoms with Crippen molar-refractivity contribution in [3.8, 4) is 0 Å². The SMILES string of the molecule is COC(=O)C1COCN1. The van der Waals surface area contributed by atoms with Crippen molar-refractivity contribution < 1.29 is 14.3 Å². The molecular formula is C5H9NO3. The Bertz CT molecular complexity index is 109. The first-order valence-corrected chi connectivity index (χ1v) is 2.73. The third-order valence-corrected chi connectivity index (χ3v) is 1.20. The van der Waals surface area contributed by atoms with Gasteiger partial charge in [-0.3, -0.25) is 10.1 Å². The summed E-state index contributed by atoms with van der Waals surface area (Å²) in [7, 11) is 1.36. The third-order valence-electron chi connectivity index (χ3n) is 1.20. The molecule has 1 aliphatic heterocycles. The van der Waals surface area contributed by atoms with E-state index in [0.717, 1.165) is 0 Å². The van der Waals surface area contributed by atoms with Crippen molar-refractivity contribution in [1.82, 2.24) is 5.32 Å². The topological polar surface area (TPSA) is 47.6 Å². The van der Waals surface area contributed by atoms with Crippen LogP contribution in [0, 0.1) is 0 Å². The van der Waals surface area contributed by atoms with Crippen molar-refractivity contribution in [3.05, 3.63) is 0 Å². The summed E-state index contributed by atoms with van der Waals surface area (Å²) in [6.45, 7) is 0.867. The van der Waals surface area contributed by atoms with E-state index < -0.39 is 0 Å². The molecule has 1 aliphatic rings. The van der Waals surface area contributed by atoms with Crippen LogP contribution in [0.15, 0.2) is 0 Å². The van der Waals surface area contributed by atoms with Crippen LogP contribution < -0.4 is 5.32 Å². The zero-order valence-corrected chi connectivity index (χ0v) is 5.22. The minimum atomic E-state index is -0.257. The number of methoxy groups -OCH3 is 1. The van der Waals surface area contributed by atoms with E-state index in [-0.39, 0.29) is 12.0 Å². The summed E-state index contributed by atoms with van der Waals surface area (Å²) in [5.41, 5.74) is 0. The van der Waals surface area contributed by atoms with Gasteiger partial charge in [0.2, 0.25) is 0 Å². The molecule has 0 saturated carbocycles. The second-order valence-corrected chi connectivity index (χ2v) is 1.79. The number of hydrogen-bond donors (Lipinski definition) is 1. The second kappa shape index (κ2) is 2.80. The van der Waals surface area contributed by atoms with Gasteiger partial charge in [0, 0.05) is 0 Å². The van der Waals surface area contributed by atoms with Gasteiger partial charge < -0.3 is 9.47 Å². The van der Waals surface area contributed by atoms with Crippen LogP contribution >= 0.6 is 0 Å². The fourth-order valence-electron chi connectivity index (χ4n) is 0.689. The highest BCUT2D eigenvalue weighted by molar-refractivity contribution is 5.75. The Morgan fingerprint density at radius 1 is 1.89 bits per heavy atom. The Balaban J connectivity index is 2.32. The summed E-state index contributed by atoms with van der Waals surface area (Å²) in [4.78, 5) is 10.6. The van der Waals surface area contributed by atoms with Crippen LogP contribution in [-0.4, -0.2) is 32.5 Å². The fraction of sp³-hybridized carbons (Fsp3) is 0.800. The standard InChI is InChI=1S/C5H9NO3/c1-8-5(7)4-2-9-3-6-4/h4,6H,2-3H2,1H3. The summed E-state index contributed by atoms with van der Waals surface area (Å²) in [5.74, 6) is -0.257. The van der Waals surface area contributed by atoms with Crippen molar-refractivity contribution in [1.29, 1.82) is 0 Å². The summed E-state index contributed by atoms with van der Waals surface area (Å²) in [6, 6.07) is -0.255. The lowest BCUT2D eigenvalue weighted by Gasteiger charge is -2.02. The Morgan fingerprint density at radius 3 is 3.11 bits per heavy atom. The predicted molar refractivity (Wildman–Crippen MR) is 29.8 cm³/mol. The normalized spacial score (nSPS) is 26.1. The highest BCUT2D eigenvalue weighted by Crippen LogP contribution is 1.95. The highest BCUT2D eigenvalue weighted by Gasteiger charge is 2.22. The number of rotatable bonds is 1. The molecule has 4 heteroatoms. The Kier molecular flexibility index (Phi) is 2.02. The number of ether oxygens (including phenoxy) is 2. The molecule has 0 aromatic rings. The first-order chi connectivity index (χ1) is 4.34. The van der Waals surface area contributed by atoms with Crippen molar-refractivity contribution in [2.75, 3.05) is 20.4 Å². The van der Waals surface area contributed by atoms with E-state index in [9.17, 15) is 4.79 Å². The maximum absolute atomic E-state index is 10.6. The molecule has 1 saturated heterocycles. The molecule has 4 nitrogen and oxygen atoms in total. The van der Waals surface area contributed by atoms with Gasteiger partial charge in [0.25, 0.3) is 0 Å². The maximum Gasteiger partial charge on any atom is 0.325 e.